The maximum atomic E-state index is 11.1. The van der Waals surface area contributed by atoms with Gasteiger partial charge in [-0.3, -0.25) is 0 Å². The number of sulfone groups is 1. The number of alkyl halides is 1. The standard InChI is InChI=1S/C6H6BrNO2S2/c7-1-5-2-12(9,10)3-6(5)11-4-8/h2,6H,1,3H2/t6-/m0/s1. The summed E-state index contributed by atoms with van der Waals surface area (Å²) in [6.45, 7) is 0. The van der Waals surface area contributed by atoms with Crippen LogP contribution in [0.5, 0.6) is 0 Å². The first-order chi connectivity index (χ1) is 5.59. The van der Waals surface area contributed by atoms with E-state index in [-0.39, 0.29) is 11.0 Å². The molecule has 0 saturated heterocycles. The van der Waals surface area contributed by atoms with Gasteiger partial charge in [0.1, 0.15) is 5.40 Å². The Morgan fingerprint density at radius 1 is 1.83 bits per heavy atom. The van der Waals surface area contributed by atoms with E-state index in [0.29, 0.717) is 5.33 Å². The molecule has 0 aromatic rings. The average molecular weight is 268 g/mol. The van der Waals surface area contributed by atoms with Crippen LogP contribution in [0.2, 0.25) is 0 Å². The smallest absolute Gasteiger partial charge is 0.173 e. The summed E-state index contributed by atoms with van der Waals surface area (Å²) in [4.78, 5) is 0. The highest BCUT2D eigenvalue weighted by Crippen LogP contribution is 2.28. The topological polar surface area (TPSA) is 57.9 Å². The highest BCUT2D eigenvalue weighted by Gasteiger charge is 2.29. The van der Waals surface area contributed by atoms with Crippen molar-refractivity contribution in [2.75, 3.05) is 11.1 Å². The van der Waals surface area contributed by atoms with Gasteiger partial charge < -0.3 is 0 Å². The van der Waals surface area contributed by atoms with Gasteiger partial charge >= 0.3 is 0 Å². The van der Waals surface area contributed by atoms with Crippen molar-refractivity contribution >= 4 is 37.5 Å². The molecule has 0 amide bonds. The number of hydrogen-bond acceptors (Lipinski definition) is 4. The van der Waals surface area contributed by atoms with Crippen LogP contribution in [0.25, 0.3) is 0 Å². The quantitative estimate of drug-likeness (QED) is 0.559. The van der Waals surface area contributed by atoms with Gasteiger partial charge in [0.25, 0.3) is 0 Å². The second kappa shape index (κ2) is 3.81. The Bertz CT molecular complexity index is 341. The summed E-state index contributed by atoms with van der Waals surface area (Å²) >= 11 is 4.18. The Balaban J connectivity index is 2.86. The van der Waals surface area contributed by atoms with Crippen molar-refractivity contribution in [1.82, 2.24) is 0 Å². The van der Waals surface area contributed by atoms with Crippen molar-refractivity contribution in [3.63, 3.8) is 0 Å². The molecule has 1 aliphatic rings. The number of halogens is 1. The van der Waals surface area contributed by atoms with E-state index in [1.165, 1.54) is 5.41 Å². The molecule has 0 N–H and O–H groups in total. The van der Waals surface area contributed by atoms with E-state index in [9.17, 15) is 8.42 Å². The molecule has 0 fully saturated rings. The first kappa shape index (κ1) is 10.1. The lowest BCUT2D eigenvalue weighted by Gasteiger charge is -2.03. The number of thiocyanates is 1. The highest BCUT2D eigenvalue weighted by molar-refractivity contribution is 9.09. The molecular weight excluding hydrogens is 262 g/mol. The van der Waals surface area contributed by atoms with Crippen LogP contribution in [0.3, 0.4) is 0 Å². The van der Waals surface area contributed by atoms with E-state index < -0.39 is 9.84 Å². The molecule has 0 aromatic carbocycles. The minimum absolute atomic E-state index is 0.0617. The third-order valence-corrected chi connectivity index (χ3v) is 4.66. The van der Waals surface area contributed by atoms with Crippen LogP contribution >= 0.6 is 27.7 Å². The SMILES string of the molecule is N#CS[C@H]1CS(=O)(=O)C=C1CBr. The molecule has 1 heterocycles. The van der Waals surface area contributed by atoms with Gasteiger partial charge in [-0.2, -0.15) is 5.26 Å². The van der Waals surface area contributed by atoms with Crippen molar-refractivity contribution in [2.24, 2.45) is 0 Å². The Morgan fingerprint density at radius 3 is 3.00 bits per heavy atom. The summed E-state index contributed by atoms with van der Waals surface area (Å²) < 4.78 is 22.1. The van der Waals surface area contributed by atoms with Crippen LogP contribution in [0.15, 0.2) is 11.0 Å². The van der Waals surface area contributed by atoms with Crippen molar-refractivity contribution in [1.29, 1.82) is 5.26 Å². The molecular formula is C6H6BrNO2S2. The van der Waals surface area contributed by atoms with E-state index in [1.54, 1.807) is 0 Å². The summed E-state index contributed by atoms with van der Waals surface area (Å²) in [6, 6.07) is 0. The van der Waals surface area contributed by atoms with E-state index >= 15 is 0 Å². The molecule has 0 radical (unpaired) electrons. The van der Waals surface area contributed by atoms with Gasteiger partial charge in [-0.05, 0) is 17.3 Å². The van der Waals surface area contributed by atoms with Gasteiger partial charge in [0, 0.05) is 10.7 Å². The van der Waals surface area contributed by atoms with Gasteiger partial charge in [0.05, 0.1) is 11.0 Å². The Morgan fingerprint density at radius 2 is 2.50 bits per heavy atom. The molecule has 0 aromatic heterocycles. The average Bonchev–Trinajstić information content (AvgIpc) is 2.26. The first-order valence-electron chi connectivity index (χ1n) is 3.13. The fourth-order valence-electron chi connectivity index (χ4n) is 0.964. The Hall–Kier alpha value is 0.01000. The third-order valence-electron chi connectivity index (χ3n) is 1.48. The van der Waals surface area contributed by atoms with E-state index in [1.807, 2.05) is 5.40 Å². The monoisotopic (exact) mass is 267 g/mol. The lowest BCUT2D eigenvalue weighted by molar-refractivity contribution is 0.606. The summed E-state index contributed by atoms with van der Waals surface area (Å²) in [5, 5.41) is 11.9. The molecule has 1 aliphatic heterocycles. The highest BCUT2D eigenvalue weighted by atomic mass is 79.9. The normalized spacial score (nSPS) is 26.3. The summed E-state index contributed by atoms with van der Waals surface area (Å²) in [7, 11) is -3.04. The van der Waals surface area contributed by atoms with Crippen LogP contribution in [-0.4, -0.2) is 24.8 Å². The molecule has 6 heteroatoms. The molecule has 66 valence electrons. The summed E-state index contributed by atoms with van der Waals surface area (Å²) in [5.74, 6) is 0.0617. The first-order valence-corrected chi connectivity index (χ1v) is 6.84. The maximum absolute atomic E-state index is 11.1. The van der Waals surface area contributed by atoms with E-state index in [2.05, 4.69) is 15.9 Å². The molecule has 0 spiro atoms. The fraction of sp³-hybridized carbons (Fsp3) is 0.500. The zero-order chi connectivity index (χ0) is 9.19. The molecule has 12 heavy (non-hydrogen) atoms. The fourth-order valence-corrected chi connectivity index (χ4v) is 4.74. The van der Waals surface area contributed by atoms with Crippen molar-refractivity contribution in [3.8, 4) is 5.40 Å². The third kappa shape index (κ3) is 2.25. The summed E-state index contributed by atoms with van der Waals surface area (Å²) in [5.41, 5.74) is 0.779. The minimum atomic E-state index is -3.04. The van der Waals surface area contributed by atoms with E-state index in [0.717, 1.165) is 17.3 Å². The molecule has 0 unspecified atom stereocenters. The second-order valence-corrected chi connectivity index (χ2v) is 5.80. The molecule has 0 bridgehead atoms. The van der Waals surface area contributed by atoms with Gasteiger partial charge in [-0.1, -0.05) is 15.9 Å². The van der Waals surface area contributed by atoms with E-state index in [4.69, 9.17) is 5.26 Å². The van der Waals surface area contributed by atoms with Gasteiger partial charge in [0.2, 0.25) is 0 Å². The van der Waals surface area contributed by atoms with Crippen LogP contribution < -0.4 is 0 Å². The predicted octanol–water partition coefficient (Wildman–Crippen LogP) is 1.28. The van der Waals surface area contributed by atoms with Crippen LogP contribution in [0, 0.1) is 10.7 Å². The second-order valence-electron chi connectivity index (χ2n) is 2.35. The molecule has 0 saturated carbocycles. The molecule has 0 aliphatic carbocycles. The van der Waals surface area contributed by atoms with Gasteiger partial charge in [-0.25, -0.2) is 8.42 Å². The Kier molecular flexibility index (Phi) is 3.21. The maximum Gasteiger partial charge on any atom is 0.173 e. The lowest BCUT2D eigenvalue weighted by Crippen LogP contribution is -2.09. The largest absolute Gasteiger partial charge is 0.224 e. The zero-order valence-electron chi connectivity index (χ0n) is 6.03. The Labute approximate surface area is 83.9 Å². The number of hydrogen-bond donors (Lipinski definition) is 0. The van der Waals surface area contributed by atoms with Crippen molar-refractivity contribution in [2.45, 2.75) is 5.25 Å². The number of nitrogens with zero attached hydrogens (tertiary/aromatic N) is 1. The van der Waals surface area contributed by atoms with Gasteiger partial charge in [0.15, 0.2) is 9.84 Å². The molecule has 1 rings (SSSR count). The zero-order valence-corrected chi connectivity index (χ0v) is 9.25. The van der Waals surface area contributed by atoms with Crippen LogP contribution in [-0.2, 0) is 9.84 Å². The minimum Gasteiger partial charge on any atom is -0.224 e. The number of thioether (sulfide) groups is 1. The van der Waals surface area contributed by atoms with Crippen molar-refractivity contribution in [3.05, 3.63) is 11.0 Å². The lowest BCUT2D eigenvalue weighted by atomic mass is 10.3. The summed E-state index contributed by atoms with van der Waals surface area (Å²) in [6.07, 6.45) is 0. The van der Waals surface area contributed by atoms with Crippen LogP contribution in [0.1, 0.15) is 0 Å². The molecule has 1 atom stereocenters. The number of nitriles is 1. The predicted molar refractivity (Wildman–Crippen MR) is 52.7 cm³/mol. The van der Waals surface area contributed by atoms with Crippen molar-refractivity contribution < 1.29 is 8.42 Å². The van der Waals surface area contributed by atoms with Crippen LogP contribution in [0.4, 0.5) is 0 Å². The molecule has 3 nitrogen and oxygen atoms in total. The van der Waals surface area contributed by atoms with Gasteiger partial charge in [-0.15, -0.1) is 0 Å². The number of rotatable bonds is 2.